The van der Waals surface area contributed by atoms with Gasteiger partial charge < -0.3 is 33.5 Å². The Morgan fingerprint density at radius 1 is 0.731 bits per heavy atom. The molecule has 0 radical (unpaired) electrons. The number of carboxylic acids is 1. The fraction of sp³-hybridized carbons (Fsp3) is 0.279. The maximum atomic E-state index is 13.5. The first-order valence-corrected chi connectivity index (χ1v) is 17.8. The van der Waals surface area contributed by atoms with E-state index in [0.717, 1.165) is 33.6 Å². The lowest BCUT2D eigenvalue weighted by Crippen LogP contribution is -2.68. The van der Waals surface area contributed by atoms with Crippen molar-refractivity contribution in [3.63, 3.8) is 0 Å². The zero-order chi connectivity index (χ0) is 36.0. The number of carboxylic acid groups (broad SMARTS) is 1. The second-order valence-electron chi connectivity index (χ2n) is 13.0. The van der Waals surface area contributed by atoms with E-state index in [2.05, 4.69) is 0 Å². The van der Waals surface area contributed by atoms with Crippen molar-refractivity contribution >= 4 is 17.6 Å². The van der Waals surface area contributed by atoms with E-state index in [9.17, 15) is 9.90 Å². The Hall–Kier alpha value is -4.54. The maximum Gasteiger partial charge on any atom is 0.341 e. The summed E-state index contributed by atoms with van der Waals surface area (Å²) in [4.78, 5) is 13.5. The van der Waals surface area contributed by atoms with Crippen LogP contribution in [-0.4, -0.2) is 48.2 Å². The van der Waals surface area contributed by atoms with Crippen molar-refractivity contribution in [1.29, 1.82) is 0 Å². The minimum Gasteiger partial charge on any atom is -0.494 e. The van der Waals surface area contributed by atoms with E-state index in [1.54, 1.807) is 12.1 Å². The molecule has 0 aliphatic carbocycles. The molecule has 5 aromatic carbocycles. The van der Waals surface area contributed by atoms with E-state index in [1.165, 1.54) is 0 Å². The van der Waals surface area contributed by atoms with Gasteiger partial charge in [-0.05, 0) is 65.4 Å². The van der Waals surface area contributed by atoms with Crippen LogP contribution in [0.2, 0.25) is 5.02 Å². The van der Waals surface area contributed by atoms with E-state index in [1.807, 2.05) is 128 Å². The van der Waals surface area contributed by atoms with Gasteiger partial charge in [0.2, 0.25) is 11.4 Å². The lowest BCUT2D eigenvalue weighted by Gasteiger charge is -2.49. The number of benzene rings is 5. The summed E-state index contributed by atoms with van der Waals surface area (Å²) in [6, 6.07) is 42.4. The Morgan fingerprint density at radius 2 is 1.29 bits per heavy atom. The summed E-state index contributed by atoms with van der Waals surface area (Å²) >= 11 is 6.81. The molecule has 0 unspecified atom stereocenters. The predicted molar refractivity (Wildman–Crippen MR) is 196 cm³/mol. The smallest absolute Gasteiger partial charge is 0.341 e. The standard InChI is InChI=1S/C43H41ClO8/c1-2-47-36-21-18-30(19-22-36)24-34-25-35(20-23-37(34)44)43-40(50-28-33-16-10-5-11-17-33)38(48-26-31-12-6-3-7-13-31)39(42(52-43,29-51-43)41(45)46)49-27-32-14-8-4-9-15-32/h3-23,25,38-40H,2,24,26-29H2,1H3,(H,45,46)/t38-,39-,40+,42-,43-/m0/s1. The van der Waals surface area contributed by atoms with Crippen molar-refractivity contribution in [2.45, 2.75) is 62.9 Å². The summed E-state index contributed by atoms with van der Waals surface area (Å²) in [5, 5.41) is 11.5. The Balaban J connectivity index is 1.31. The van der Waals surface area contributed by atoms with E-state index in [4.69, 9.17) is 40.0 Å². The third-order valence-electron chi connectivity index (χ3n) is 9.53. The molecule has 268 valence electrons. The summed E-state index contributed by atoms with van der Waals surface area (Å²) in [6.45, 7) is 2.72. The van der Waals surface area contributed by atoms with Gasteiger partial charge >= 0.3 is 5.97 Å². The average molecular weight is 721 g/mol. The van der Waals surface area contributed by atoms with Crippen molar-refractivity contribution in [2.75, 3.05) is 13.2 Å². The Bertz CT molecular complexity index is 1920. The van der Waals surface area contributed by atoms with Gasteiger partial charge in [0.1, 0.15) is 24.1 Å². The molecule has 9 heteroatoms. The molecule has 2 heterocycles. The highest BCUT2D eigenvalue weighted by atomic mass is 35.5. The molecule has 0 amide bonds. The van der Waals surface area contributed by atoms with Crippen molar-refractivity contribution in [2.24, 2.45) is 0 Å². The zero-order valence-electron chi connectivity index (χ0n) is 28.9. The second kappa shape index (κ2) is 16.0. The largest absolute Gasteiger partial charge is 0.494 e. The van der Waals surface area contributed by atoms with Gasteiger partial charge in [0.15, 0.2) is 0 Å². The maximum absolute atomic E-state index is 13.5. The van der Waals surface area contributed by atoms with Gasteiger partial charge in [-0.3, -0.25) is 0 Å². The van der Waals surface area contributed by atoms with Crippen LogP contribution in [0, 0.1) is 0 Å². The molecule has 1 N–H and O–H groups in total. The zero-order valence-corrected chi connectivity index (χ0v) is 29.6. The molecule has 52 heavy (non-hydrogen) atoms. The van der Waals surface area contributed by atoms with Crippen LogP contribution >= 0.6 is 11.6 Å². The van der Waals surface area contributed by atoms with E-state index in [0.29, 0.717) is 23.6 Å². The Morgan fingerprint density at radius 3 is 1.85 bits per heavy atom. The fourth-order valence-electron chi connectivity index (χ4n) is 6.91. The van der Waals surface area contributed by atoms with Crippen LogP contribution < -0.4 is 4.74 Å². The molecule has 5 aromatic rings. The molecule has 0 aromatic heterocycles. The molecule has 2 aliphatic heterocycles. The average Bonchev–Trinajstić information content (AvgIpc) is 3.55. The molecule has 5 atom stereocenters. The van der Waals surface area contributed by atoms with Crippen molar-refractivity contribution < 1.29 is 38.3 Å². The topological polar surface area (TPSA) is 92.7 Å². The highest BCUT2D eigenvalue weighted by molar-refractivity contribution is 6.31. The molecule has 8 nitrogen and oxygen atoms in total. The molecule has 2 bridgehead atoms. The summed E-state index contributed by atoms with van der Waals surface area (Å²) in [5.41, 5.74) is 3.18. The minimum atomic E-state index is -1.92. The lowest BCUT2D eigenvalue weighted by molar-refractivity contribution is -0.345. The van der Waals surface area contributed by atoms with Gasteiger partial charge in [-0.25, -0.2) is 4.79 Å². The van der Waals surface area contributed by atoms with Crippen LogP contribution in [0.15, 0.2) is 133 Å². The third-order valence-corrected chi connectivity index (χ3v) is 9.90. The first kappa shape index (κ1) is 35.8. The Kier molecular flexibility index (Phi) is 11.0. The SMILES string of the molecule is CCOc1ccc(Cc2cc([C@]34OC[C@](C(=O)O)(O3)[C@@H](OCc3ccccc3)[C@H](OCc3ccccc3)[C@H]4OCc3ccccc3)ccc2Cl)cc1. The molecule has 2 saturated heterocycles. The molecule has 2 fully saturated rings. The van der Waals surface area contributed by atoms with E-state index >= 15 is 0 Å². The lowest BCUT2D eigenvalue weighted by atomic mass is 9.82. The van der Waals surface area contributed by atoms with Gasteiger partial charge in [-0.2, -0.15) is 0 Å². The van der Waals surface area contributed by atoms with Crippen molar-refractivity contribution in [3.05, 3.63) is 172 Å². The summed E-state index contributed by atoms with van der Waals surface area (Å²) in [5.74, 6) is -2.11. The second-order valence-corrected chi connectivity index (χ2v) is 13.4. The minimum absolute atomic E-state index is 0.126. The highest BCUT2D eigenvalue weighted by Gasteiger charge is 2.72. The molecule has 0 saturated carbocycles. The Labute approximate surface area is 308 Å². The number of hydrogen-bond donors (Lipinski definition) is 1. The van der Waals surface area contributed by atoms with E-state index < -0.39 is 35.7 Å². The number of rotatable bonds is 15. The number of ether oxygens (including phenoxy) is 6. The van der Waals surface area contributed by atoms with E-state index in [-0.39, 0.29) is 26.4 Å². The quantitative estimate of drug-likeness (QED) is 0.116. The number of aliphatic carboxylic acids is 1. The van der Waals surface area contributed by atoms with Crippen LogP contribution in [0.3, 0.4) is 0 Å². The van der Waals surface area contributed by atoms with Crippen LogP contribution in [0.4, 0.5) is 0 Å². The number of halogens is 1. The number of carbonyl (C=O) groups is 1. The number of fused-ring (bicyclic) bond motifs is 2. The van der Waals surface area contributed by atoms with Crippen LogP contribution in [-0.2, 0) is 60.5 Å². The van der Waals surface area contributed by atoms with Crippen LogP contribution in [0.25, 0.3) is 0 Å². The van der Waals surface area contributed by atoms with Gasteiger partial charge in [-0.15, -0.1) is 0 Å². The summed E-state index contributed by atoms with van der Waals surface area (Å²) in [6.07, 6.45) is -2.51. The molecule has 7 rings (SSSR count). The van der Waals surface area contributed by atoms with Gasteiger partial charge in [0, 0.05) is 10.6 Å². The molecule has 2 aliphatic rings. The summed E-state index contributed by atoms with van der Waals surface area (Å²) < 4.78 is 39.1. The van der Waals surface area contributed by atoms with Crippen LogP contribution in [0.1, 0.15) is 40.3 Å². The van der Waals surface area contributed by atoms with Gasteiger partial charge in [-0.1, -0.05) is 121 Å². The normalized spacial score (nSPS) is 23.7. The molecule has 0 spiro atoms. The molecular weight excluding hydrogens is 680 g/mol. The monoisotopic (exact) mass is 720 g/mol. The molecular formula is C43H41ClO8. The van der Waals surface area contributed by atoms with Crippen molar-refractivity contribution in [3.8, 4) is 5.75 Å². The third kappa shape index (κ3) is 7.50. The predicted octanol–water partition coefficient (Wildman–Crippen LogP) is 8.12. The van der Waals surface area contributed by atoms with Gasteiger partial charge in [0.05, 0.1) is 33.0 Å². The van der Waals surface area contributed by atoms with Gasteiger partial charge in [0.25, 0.3) is 0 Å². The highest BCUT2D eigenvalue weighted by Crippen LogP contribution is 2.53. The number of hydrogen-bond acceptors (Lipinski definition) is 7. The summed E-state index contributed by atoms with van der Waals surface area (Å²) in [7, 11) is 0. The van der Waals surface area contributed by atoms with Crippen molar-refractivity contribution in [1.82, 2.24) is 0 Å². The first-order valence-electron chi connectivity index (χ1n) is 17.4. The first-order chi connectivity index (χ1) is 25.4. The fourth-order valence-corrected chi connectivity index (χ4v) is 7.10. The van der Waals surface area contributed by atoms with Crippen LogP contribution in [0.5, 0.6) is 5.75 Å².